The average Bonchev–Trinajstić information content (AvgIpc) is 3.28. The number of rotatable bonds is 9. The van der Waals surface area contributed by atoms with Gasteiger partial charge in [-0.2, -0.15) is 5.10 Å². The zero-order valence-corrected chi connectivity index (χ0v) is 20.1. The lowest BCUT2D eigenvalue weighted by Gasteiger charge is -2.17. The molecule has 2 heterocycles. The summed E-state index contributed by atoms with van der Waals surface area (Å²) < 4.78 is 19.6. The summed E-state index contributed by atoms with van der Waals surface area (Å²) in [5.41, 5.74) is 4.64. The molecule has 0 aliphatic rings. The minimum absolute atomic E-state index is 0.239. The summed E-state index contributed by atoms with van der Waals surface area (Å²) in [6.07, 6.45) is 2.70. The maximum atomic E-state index is 13.1. The highest BCUT2D eigenvalue weighted by molar-refractivity contribution is 6.01. The van der Waals surface area contributed by atoms with Crippen LogP contribution < -0.4 is 25.2 Å². The van der Waals surface area contributed by atoms with Crippen molar-refractivity contribution in [3.8, 4) is 22.9 Å². The Morgan fingerprint density at radius 3 is 2.20 bits per heavy atom. The van der Waals surface area contributed by atoms with E-state index in [1.54, 1.807) is 16.8 Å². The summed E-state index contributed by atoms with van der Waals surface area (Å²) >= 11 is 0. The summed E-state index contributed by atoms with van der Waals surface area (Å²) in [6, 6.07) is 10.8. The third-order valence-corrected chi connectivity index (χ3v) is 5.16. The molecule has 0 saturated carbocycles. The number of carbonyl (C=O) groups is 1. The number of aryl methyl sites for hydroxylation is 1. The molecule has 2 aromatic carbocycles. The van der Waals surface area contributed by atoms with Gasteiger partial charge in [-0.1, -0.05) is 17.7 Å². The number of hydrogen-bond acceptors (Lipinski definition) is 7. The Morgan fingerprint density at radius 1 is 0.971 bits per heavy atom. The van der Waals surface area contributed by atoms with Crippen molar-refractivity contribution in [1.82, 2.24) is 19.4 Å². The monoisotopic (exact) mass is 477 g/mol. The molecule has 0 aliphatic heterocycles. The van der Waals surface area contributed by atoms with E-state index < -0.39 is 11.5 Å². The van der Waals surface area contributed by atoms with E-state index in [2.05, 4.69) is 15.5 Å². The summed E-state index contributed by atoms with van der Waals surface area (Å²) in [5, 5.41) is 4.58. The molecule has 4 rings (SSSR count). The molecule has 1 amide bonds. The second-order valence-corrected chi connectivity index (χ2v) is 7.59. The summed E-state index contributed by atoms with van der Waals surface area (Å²) in [4.78, 5) is 30.5. The molecule has 0 radical (unpaired) electrons. The SMILES string of the molecule is CCOc1cc(C(=O)Nn2cnc3c(cnn3-c3ccc(C)cc3)c2=O)cc(OCC)c1OCC. The number of carbonyl (C=O) groups excluding carboxylic acids is 1. The molecule has 182 valence electrons. The number of fused-ring (bicyclic) bond motifs is 1. The van der Waals surface area contributed by atoms with Gasteiger partial charge in [0.1, 0.15) is 11.7 Å². The van der Waals surface area contributed by atoms with Gasteiger partial charge in [-0.05, 0) is 52.0 Å². The van der Waals surface area contributed by atoms with Crippen LogP contribution >= 0.6 is 0 Å². The Hall–Kier alpha value is -4.34. The number of ether oxygens (including phenoxy) is 3. The first-order valence-corrected chi connectivity index (χ1v) is 11.4. The molecule has 2 aromatic heterocycles. The highest BCUT2D eigenvalue weighted by Crippen LogP contribution is 2.39. The molecule has 0 saturated heterocycles. The molecule has 0 atom stereocenters. The Labute approximate surface area is 202 Å². The van der Waals surface area contributed by atoms with E-state index in [1.165, 1.54) is 12.5 Å². The molecule has 1 N–H and O–H groups in total. The lowest BCUT2D eigenvalue weighted by atomic mass is 10.1. The van der Waals surface area contributed by atoms with Gasteiger partial charge in [0, 0.05) is 5.56 Å². The van der Waals surface area contributed by atoms with Crippen LogP contribution in [0.3, 0.4) is 0 Å². The maximum absolute atomic E-state index is 13.1. The second-order valence-electron chi connectivity index (χ2n) is 7.59. The van der Waals surface area contributed by atoms with Crippen LogP contribution in [0, 0.1) is 6.92 Å². The van der Waals surface area contributed by atoms with Gasteiger partial charge in [0.25, 0.3) is 11.5 Å². The zero-order valence-electron chi connectivity index (χ0n) is 20.1. The van der Waals surface area contributed by atoms with Crippen LogP contribution in [-0.2, 0) is 0 Å². The van der Waals surface area contributed by atoms with Gasteiger partial charge in [-0.25, -0.2) is 14.3 Å². The van der Waals surface area contributed by atoms with Crippen molar-refractivity contribution in [2.45, 2.75) is 27.7 Å². The molecule has 35 heavy (non-hydrogen) atoms. The van der Waals surface area contributed by atoms with Crippen molar-refractivity contribution in [1.29, 1.82) is 0 Å². The van der Waals surface area contributed by atoms with Gasteiger partial charge in [0.05, 0.1) is 31.7 Å². The molecule has 0 unspecified atom stereocenters. The Morgan fingerprint density at radius 2 is 1.60 bits per heavy atom. The second kappa shape index (κ2) is 10.3. The van der Waals surface area contributed by atoms with Gasteiger partial charge in [0.15, 0.2) is 17.1 Å². The van der Waals surface area contributed by atoms with E-state index in [4.69, 9.17) is 14.2 Å². The van der Waals surface area contributed by atoms with Crippen molar-refractivity contribution < 1.29 is 19.0 Å². The largest absolute Gasteiger partial charge is 0.490 e. The number of hydrogen-bond donors (Lipinski definition) is 1. The van der Waals surface area contributed by atoms with Crippen molar-refractivity contribution in [2.24, 2.45) is 0 Å². The highest BCUT2D eigenvalue weighted by Gasteiger charge is 2.19. The number of benzene rings is 2. The van der Waals surface area contributed by atoms with Crippen LogP contribution in [0.1, 0.15) is 36.7 Å². The third-order valence-electron chi connectivity index (χ3n) is 5.16. The normalized spacial score (nSPS) is 10.9. The first kappa shape index (κ1) is 23.8. The number of amides is 1. The van der Waals surface area contributed by atoms with Gasteiger partial charge in [-0.3, -0.25) is 15.0 Å². The van der Waals surface area contributed by atoms with E-state index in [1.807, 2.05) is 52.0 Å². The van der Waals surface area contributed by atoms with Crippen LogP contribution in [-0.4, -0.2) is 45.2 Å². The van der Waals surface area contributed by atoms with E-state index in [9.17, 15) is 9.59 Å². The van der Waals surface area contributed by atoms with Crippen molar-refractivity contribution >= 4 is 16.9 Å². The summed E-state index contributed by atoms with van der Waals surface area (Å²) in [7, 11) is 0. The molecule has 0 fully saturated rings. The lowest BCUT2D eigenvalue weighted by Crippen LogP contribution is -2.33. The quantitative estimate of drug-likeness (QED) is 0.393. The Kier molecular flexibility index (Phi) is 7.00. The number of nitrogens with one attached hydrogen (secondary N) is 1. The number of aromatic nitrogens is 4. The zero-order chi connectivity index (χ0) is 24.9. The standard InChI is InChI=1S/C25H27N5O5/c1-5-33-20-12-17(13-21(34-6-2)22(20)35-7-3)24(31)28-29-15-26-23-19(25(29)32)14-27-30(23)18-10-8-16(4)9-11-18/h8-15H,5-7H2,1-4H3,(H,28,31). The topological polar surface area (TPSA) is 110 Å². The van der Waals surface area contributed by atoms with Crippen molar-refractivity contribution in [2.75, 3.05) is 25.2 Å². The molecule has 10 heteroatoms. The molecule has 0 aliphatic carbocycles. The van der Waals surface area contributed by atoms with Crippen LogP contribution in [0.15, 0.2) is 53.7 Å². The smallest absolute Gasteiger partial charge is 0.283 e. The minimum Gasteiger partial charge on any atom is -0.490 e. The molecule has 0 bridgehead atoms. The van der Waals surface area contributed by atoms with Gasteiger partial charge >= 0.3 is 0 Å². The van der Waals surface area contributed by atoms with Crippen LogP contribution in [0.4, 0.5) is 0 Å². The summed E-state index contributed by atoms with van der Waals surface area (Å²) in [5.74, 6) is 0.650. The fourth-order valence-electron chi connectivity index (χ4n) is 3.56. The highest BCUT2D eigenvalue weighted by atomic mass is 16.5. The van der Waals surface area contributed by atoms with Gasteiger partial charge < -0.3 is 14.2 Å². The Balaban J connectivity index is 1.67. The van der Waals surface area contributed by atoms with E-state index in [-0.39, 0.29) is 10.9 Å². The van der Waals surface area contributed by atoms with Gasteiger partial charge in [0.2, 0.25) is 5.75 Å². The van der Waals surface area contributed by atoms with E-state index in [0.717, 1.165) is 15.9 Å². The van der Waals surface area contributed by atoms with E-state index in [0.29, 0.717) is 42.7 Å². The third kappa shape index (κ3) is 4.81. The van der Waals surface area contributed by atoms with Crippen LogP contribution in [0.2, 0.25) is 0 Å². The first-order chi connectivity index (χ1) is 17.0. The van der Waals surface area contributed by atoms with E-state index >= 15 is 0 Å². The van der Waals surface area contributed by atoms with Gasteiger partial charge in [-0.15, -0.1) is 0 Å². The molecular formula is C25H27N5O5. The predicted octanol–water partition coefficient (Wildman–Crippen LogP) is 3.47. The van der Waals surface area contributed by atoms with Crippen molar-refractivity contribution in [3.05, 3.63) is 70.4 Å². The molecule has 4 aromatic rings. The predicted molar refractivity (Wildman–Crippen MR) is 132 cm³/mol. The molecule has 10 nitrogen and oxygen atoms in total. The lowest BCUT2D eigenvalue weighted by molar-refractivity contribution is 0.101. The van der Waals surface area contributed by atoms with Crippen LogP contribution in [0.5, 0.6) is 17.2 Å². The van der Waals surface area contributed by atoms with Crippen LogP contribution in [0.25, 0.3) is 16.7 Å². The summed E-state index contributed by atoms with van der Waals surface area (Å²) in [6.45, 7) is 8.67. The fourth-order valence-corrected chi connectivity index (χ4v) is 3.56. The Bertz CT molecular complexity index is 1380. The first-order valence-electron chi connectivity index (χ1n) is 11.4. The molecule has 0 spiro atoms. The fraction of sp³-hybridized carbons (Fsp3) is 0.280. The average molecular weight is 478 g/mol. The van der Waals surface area contributed by atoms with Crippen molar-refractivity contribution in [3.63, 3.8) is 0 Å². The molecular weight excluding hydrogens is 450 g/mol. The maximum Gasteiger partial charge on any atom is 0.283 e. The number of nitrogens with zero attached hydrogens (tertiary/aromatic N) is 4. The minimum atomic E-state index is -0.538.